The van der Waals surface area contributed by atoms with Crippen LogP contribution in [0, 0.1) is 0 Å². The summed E-state index contributed by atoms with van der Waals surface area (Å²) in [6.07, 6.45) is 3.61. The summed E-state index contributed by atoms with van der Waals surface area (Å²) in [4.78, 5) is 16.0. The van der Waals surface area contributed by atoms with Crippen LogP contribution in [0.25, 0.3) is 5.69 Å². The SMILES string of the molecule is CC(C)(C)OC(=O)CSc1nccn1-c1ccccc1. The van der Waals surface area contributed by atoms with E-state index in [1.807, 2.05) is 61.9 Å². The van der Waals surface area contributed by atoms with Crippen LogP contribution in [0.4, 0.5) is 0 Å². The van der Waals surface area contributed by atoms with E-state index in [9.17, 15) is 4.79 Å². The number of ether oxygens (including phenoxy) is 1. The molecule has 2 rings (SSSR count). The number of nitrogens with zero attached hydrogens (tertiary/aromatic N) is 2. The molecule has 1 aromatic carbocycles. The lowest BCUT2D eigenvalue weighted by atomic mass is 10.2. The minimum atomic E-state index is -0.452. The summed E-state index contributed by atoms with van der Waals surface area (Å²) < 4.78 is 7.24. The number of carbonyl (C=O) groups is 1. The van der Waals surface area contributed by atoms with E-state index in [-0.39, 0.29) is 11.7 Å². The van der Waals surface area contributed by atoms with Crippen LogP contribution in [-0.2, 0) is 9.53 Å². The number of hydrogen-bond acceptors (Lipinski definition) is 4. The van der Waals surface area contributed by atoms with Gasteiger partial charge in [0.25, 0.3) is 0 Å². The molecule has 5 heteroatoms. The minimum absolute atomic E-state index is 0.231. The van der Waals surface area contributed by atoms with Crippen molar-refractivity contribution in [2.45, 2.75) is 31.5 Å². The van der Waals surface area contributed by atoms with Crippen LogP contribution in [0.15, 0.2) is 47.9 Å². The largest absolute Gasteiger partial charge is 0.459 e. The third kappa shape index (κ3) is 4.13. The third-order valence-corrected chi connectivity index (χ3v) is 3.32. The van der Waals surface area contributed by atoms with Gasteiger partial charge in [-0.25, -0.2) is 4.98 Å². The van der Waals surface area contributed by atoms with E-state index in [1.165, 1.54) is 11.8 Å². The molecule has 20 heavy (non-hydrogen) atoms. The van der Waals surface area contributed by atoms with Crippen LogP contribution in [0.2, 0.25) is 0 Å². The minimum Gasteiger partial charge on any atom is -0.459 e. The number of esters is 1. The van der Waals surface area contributed by atoms with Crippen LogP contribution in [0.1, 0.15) is 20.8 Å². The number of imidazole rings is 1. The zero-order valence-corrected chi connectivity index (χ0v) is 12.7. The maximum atomic E-state index is 11.7. The highest BCUT2D eigenvalue weighted by Gasteiger charge is 2.17. The van der Waals surface area contributed by atoms with Crippen molar-refractivity contribution in [2.24, 2.45) is 0 Å². The second-order valence-electron chi connectivity index (χ2n) is 5.29. The number of thioether (sulfide) groups is 1. The molecule has 0 aliphatic heterocycles. The Labute approximate surface area is 123 Å². The van der Waals surface area contributed by atoms with Gasteiger partial charge in [-0.1, -0.05) is 30.0 Å². The fraction of sp³-hybridized carbons (Fsp3) is 0.333. The molecule has 106 valence electrons. The van der Waals surface area contributed by atoms with E-state index in [0.717, 1.165) is 10.8 Å². The summed E-state index contributed by atoms with van der Waals surface area (Å²) in [5.41, 5.74) is 0.573. The van der Waals surface area contributed by atoms with E-state index in [2.05, 4.69) is 4.98 Å². The molecule has 0 aliphatic rings. The normalized spacial score (nSPS) is 11.3. The average molecular weight is 290 g/mol. The Morgan fingerprint density at radius 2 is 2.00 bits per heavy atom. The van der Waals surface area contributed by atoms with Gasteiger partial charge >= 0.3 is 5.97 Å². The van der Waals surface area contributed by atoms with E-state index < -0.39 is 5.60 Å². The Balaban J connectivity index is 2.02. The molecule has 0 N–H and O–H groups in total. The molecule has 0 saturated carbocycles. The summed E-state index contributed by atoms with van der Waals surface area (Å²) in [6.45, 7) is 5.58. The molecule has 2 aromatic rings. The maximum Gasteiger partial charge on any atom is 0.316 e. The van der Waals surface area contributed by atoms with Crippen LogP contribution in [0.3, 0.4) is 0 Å². The summed E-state index contributed by atoms with van der Waals surface area (Å²) in [6, 6.07) is 9.90. The van der Waals surface area contributed by atoms with E-state index >= 15 is 0 Å². The van der Waals surface area contributed by atoms with Crippen LogP contribution in [-0.4, -0.2) is 26.9 Å². The second-order valence-corrected chi connectivity index (χ2v) is 6.23. The first-order valence-electron chi connectivity index (χ1n) is 6.39. The standard InChI is InChI=1S/C15H18N2O2S/c1-15(2,3)19-13(18)11-20-14-16-9-10-17(14)12-7-5-4-6-8-12/h4-10H,11H2,1-3H3. The van der Waals surface area contributed by atoms with Gasteiger partial charge in [0.1, 0.15) is 5.60 Å². The van der Waals surface area contributed by atoms with E-state index in [0.29, 0.717) is 0 Å². The van der Waals surface area contributed by atoms with Gasteiger partial charge in [-0.15, -0.1) is 0 Å². The zero-order valence-electron chi connectivity index (χ0n) is 11.9. The molecule has 0 atom stereocenters. The van der Waals surface area contributed by atoms with Crippen molar-refractivity contribution in [1.82, 2.24) is 9.55 Å². The number of carbonyl (C=O) groups excluding carboxylic acids is 1. The van der Waals surface area contributed by atoms with Gasteiger partial charge in [0.15, 0.2) is 5.16 Å². The van der Waals surface area contributed by atoms with Crippen LogP contribution in [0.5, 0.6) is 0 Å². The van der Waals surface area contributed by atoms with E-state index in [4.69, 9.17) is 4.74 Å². The lowest BCUT2D eigenvalue weighted by molar-refractivity contribution is -0.151. The summed E-state index contributed by atoms with van der Waals surface area (Å²) in [5.74, 6) is 0.0197. The summed E-state index contributed by atoms with van der Waals surface area (Å²) in [5, 5.41) is 0.780. The van der Waals surface area contributed by atoms with Gasteiger partial charge in [-0.2, -0.15) is 0 Å². The molecular formula is C15H18N2O2S. The molecule has 4 nitrogen and oxygen atoms in total. The van der Waals surface area contributed by atoms with Gasteiger partial charge < -0.3 is 4.74 Å². The third-order valence-electron chi connectivity index (χ3n) is 2.38. The maximum absolute atomic E-state index is 11.7. The molecule has 0 radical (unpaired) electrons. The molecule has 0 bridgehead atoms. The summed E-state index contributed by atoms with van der Waals surface area (Å²) in [7, 11) is 0. The molecule has 1 aromatic heterocycles. The molecule has 0 fully saturated rings. The Morgan fingerprint density at radius 3 is 2.65 bits per heavy atom. The van der Waals surface area contributed by atoms with Crippen LogP contribution < -0.4 is 0 Å². The van der Waals surface area contributed by atoms with E-state index in [1.54, 1.807) is 6.20 Å². The predicted molar refractivity (Wildman–Crippen MR) is 80.1 cm³/mol. The molecule has 0 saturated heterocycles. The van der Waals surface area contributed by atoms with Crippen molar-refractivity contribution in [3.05, 3.63) is 42.7 Å². The Bertz CT molecular complexity index is 573. The molecule has 0 spiro atoms. The van der Waals surface area contributed by atoms with Gasteiger partial charge in [-0.3, -0.25) is 9.36 Å². The fourth-order valence-electron chi connectivity index (χ4n) is 1.68. The lowest BCUT2D eigenvalue weighted by Gasteiger charge is -2.19. The molecule has 0 unspecified atom stereocenters. The molecule has 0 amide bonds. The predicted octanol–water partition coefficient (Wildman–Crippen LogP) is 3.31. The topological polar surface area (TPSA) is 44.1 Å². The van der Waals surface area contributed by atoms with Crippen molar-refractivity contribution in [1.29, 1.82) is 0 Å². The number of hydrogen-bond donors (Lipinski definition) is 0. The van der Waals surface area contributed by atoms with Crippen molar-refractivity contribution >= 4 is 17.7 Å². The fourth-order valence-corrected chi connectivity index (χ4v) is 2.42. The van der Waals surface area contributed by atoms with Crippen molar-refractivity contribution in [2.75, 3.05) is 5.75 Å². The Kier molecular flexibility index (Phi) is 4.49. The van der Waals surface area contributed by atoms with Gasteiger partial charge in [0.05, 0.1) is 5.75 Å². The first-order valence-corrected chi connectivity index (χ1v) is 7.38. The lowest BCUT2D eigenvalue weighted by Crippen LogP contribution is -2.25. The number of aromatic nitrogens is 2. The Hall–Kier alpha value is -1.75. The van der Waals surface area contributed by atoms with Gasteiger partial charge in [0.2, 0.25) is 0 Å². The number of rotatable bonds is 4. The van der Waals surface area contributed by atoms with Crippen molar-refractivity contribution in [3.63, 3.8) is 0 Å². The van der Waals surface area contributed by atoms with Gasteiger partial charge in [0, 0.05) is 18.1 Å². The first kappa shape index (κ1) is 14.7. The first-order chi connectivity index (χ1) is 9.46. The van der Waals surface area contributed by atoms with Crippen LogP contribution >= 0.6 is 11.8 Å². The van der Waals surface area contributed by atoms with Gasteiger partial charge in [-0.05, 0) is 32.9 Å². The monoisotopic (exact) mass is 290 g/mol. The smallest absolute Gasteiger partial charge is 0.316 e. The Morgan fingerprint density at radius 1 is 1.30 bits per heavy atom. The zero-order chi connectivity index (χ0) is 14.6. The summed E-state index contributed by atoms with van der Waals surface area (Å²) >= 11 is 1.37. The quantitative estimate of drug-likeness (QED) is 0.640. The molecular weight excluding hydrogens is 272 g/mol. The van der Waals surface area contributed by atoms with Crippen molar-refractivity contribution in [3.8, 4) is 5.69 Å². The number of para-hydroxylation sites is 1. The highest BCUT2D eigenvalue weighted by atomic mass is 32.2. The highest BCUT2D eigenvalue weighted by molar-refractivity contribution is 7.99. The average Bonchev–Trinajstić information content (AvgIpc) is 2.83. The van der Waals surface area contributed by atoms with Crippen molar-refractivity contribution < 1.29 is 9.53 Å². The highest BCUT2D eigenvalue weighted by Crippen LogP contribution is 2.21. The molecule has 1 heterocycles. The second kappa shape index (κ2) is 6.13. The molecule has 0 aliphatic carbocycles. The number of benzene rings is 1.